The van der Waals surface area contributed by atoms with E-state index in [4.69, 9.17) is 0 Å². The van der Waals surface area contributed by atoms with Gasteiger partial charge in [-0.1, -0.05) is 20.3 Å². The number of carbonyl (C=O) groups is 1. The summed E-state index contributed by atoms with van der Waals surface area (Å²) >= 11 is 1.65. The Morgan fingerprint density at radius 1 is 1.19 bits per heavy atom. The van der Waals surface area contributed by atoms with E-state index in [2.05, 4.69) is 40.9 Å². The maximum Gasteiger partial charge on any atom is 0.251 e. The van der Waals surface area contributed by atoms with E-state index >= 15 is 0 Å². The Balaban J connectivity index is 1.68. The Kier molecular flexibility index (Phi) is 8.27. The van der Waals surface area contributed by atoms with E-state index in [1.165, 1.54) is 5.56 Å². The van der Waals surface area contributed by atoms with Crippen molar-refractivity contribution < 1.29 is 13.2 Å². The second kappa shape index (κ2) is 10.7. The van der Waals surface area contributed by atoms with E-state index in [1.807, 2.05) is 6.92 Å². The van der Waals surface area contributed by atoms with Crippen molar-refractivity contribution in [1.82, 2.24) is 14.5 Å². The summed E-state index contributed by atoms with van der Waals surface area (Å²) in [4.78, 5) is 15.3. The van der Waals surface area contributed by atoms with Gasteiger partial charge in [-0.15, -0.1) is 0 Å². The molecule has 0 bridgehead atoms. The van der Waals surface area contributed by atoms with Gasteiger partial charge in [-0.25, -0.2) is 8.42 Å². The fraction of sp³-hybridized carbons (Fsp3) is 0.522. The van der Waals surface area contributed by atoms with Crippen LogP contribution in [0.2, 0.25) is 0 Å². The fourth-order valence-corrected chi connectivity index (χ4v) is 6.63. The van der Waals surface area contributed by atoms with Gasteiger partial charge in [-0.05, 0) is 79.5 Å². The van der Waals surface area contributed by atoms with Crippen LogP contribution in [0.5, 0.6) is 0 Å². The van der Waals surface area contributed by atoms with Crippen molar-refractivity contribution in [1.29, 1.82) is 0 Å². The first-order chi connectivity index (χ1) is 14.9. The number of hydrogen-bond acceptors (Lipinski definition) is 5. The van der Waals surface area contributed by atoms with Gasteiger partial charge in [0.2, 0.25) is 10.0 Å². The molecule has 1 aliphatic rings. The Labute approximate surface area is 190 Å². The Hall–Kier alpha value is -1.74. The van der Waals surface area contributed by atoms with E-state index in [1.54, 1.807) is 39.9 Å². The lowest BCUT2D eigenvalue weighted by atomic mass is 10.1. The van der Waals surface area contributed by atoms with Gasteiger partial charge < -0.3 is 5.32 Å². The van der Waals surface area contributed by atoms with Crippen LogP contribution >= 0.6 is 11.3 Å². The van der Waals surface area contributed by atoms with Gasteiger partial charge in [0.15, 0.2) is 0 Å². The molecule has 0 spiro atoms. The van der Waals surface area contributed by atoms with Crippen molar-refractivity contribution in [3.63, 3.8) is 0 Å². The van der Waals surface area contributed by atoms with Crippen molar-refractivity contribution in [3.8, 4) is 0 Å². The Morgan fingerprint density at radius 3 is 2.48 bits per heavy atom. The number of amides is 1. The predicted octanol–water partition coefficient (Wildman–Crippen LogP) is 4.12. The molecule has 8 heteroatoms. The summed E-state index contributed by atoms with van der Waals surface area (Å²) in [6.45, 7) is 9.05. The number of likely N-dealkylation sites (N-methyl/N-ethyl adjacent to an activating group) is 1. The lowest BCUT2D eigenvalue weighted by molar-refractivity contribution is 0.0935. The molecule has 0 radical (unpaired) electrons. The summed E-state index contributed by atoms with van der Waals surface area (Å²) < 4.78 is 27.6. The van der Waals surface area contributed by atoms with Crippen LogP contribution in [0.4, 0.5) is 0 Å². The molecule has 0 aliphatic carbocycles. The standard InChI is InChI=1S/C23H33N3O3S2/c1-4-25(5-2)22(20-13-15-30-17-20)16-24-23(27)19-9-11-21(12-10-19)31(28,29)26-14-7-6-8-18(26)3/h9-13,15,17-18,22H,4-8,14,16H2,1-3H3,(H,24,27)/t18-,22-/m0/s1. The normalized spacial score (nSPS) is 18.8. The third-order valence-corrected chi connectivity index (χ3v) is 8.83. The first-order valence-corrected chi connectivity index (χ1v) is 13.4. The topological polar surface area (TPSA) is 69.7 Å². The number of hydrogen-bond donors (Lipinski definition) is 1. The number of benzene rings is 1. The van der Waals surface area contributed by atoms with E-state index in [-0.39, 0.29) is 22.9 Å². The average Bonchev–Trinajstić information content (AvgIpc) is 3.31. The van der Waals surface area contributed by atoms with Gasteiger partial charge in [0.1, 0.15) is 0 Å². The molecule has 170 valence electrons. The molecule has 1 aromatic heterocycles. The molecule has 2 atom stereocenters. The van der Waals surface area contributed by atoms with Gasteiger partial charge in [0.05, 0.1) is 10.9 Å². The molecular formula is C23H33N3O3S2. The lowest BCUT2D eigenvalue weighted by Crippen LogP contribution is -2.41. The highest BCUT2D eigenvalue weighted by molar-refractivity contribution is 7.89. The smallest absolute Gasteiger partial charge is 0.251 e. The molecule has 1 aromatic carbocycles. The van der Waals surface area contributed by atoms with Crippen LogP contribution in [0.25, 0.3) is 0 Å². The fourth-order valence-electron chi connectivity index (χ4n) is 4.22. The predicted molar refractivity (Wildman–Crippen MR) is 126 cm³/mol. The molecule has 1 amide bonds. The van der Waals surface area contributed by atoms with Gasteiger partial charge in [0.25, 0.3) is 5.91 Å². The van der Waals surface area contributed by atoms with Gasteiger partial charge in [-0.2, -0.15) is 15.6 Å². The molecule has 1 fully saturated rings. The summed E-state index contributed by atoms with van der Waals surface area (Å²) in [7, 11) is -3.53. The average molecular weight is 464 g/mol. The highest BCUT2D eigenvalue weighted by Gasteiger charge is 2.31. The van der Waals surface area contributed by atoms with Crippen LogP contribution in [0, 0.1) is 0 Å². The number of rotatable bonds is 9. The van der Waals surface area contributed by atoms with E-state index < -0.39 is 10.0 Å². The number of nitrogens with zero attached hydrogens (tertiary/aromatic N) is 2. The molecule has 1 N–H and O–H groups in total. The summed E-state index contributed by atoms with van der Waals surface area (Å²) in [5, 5.41) is 7.20. The second-order valence-corrected chi connectivity index (χ2v) is 10.7. The Morgan fingerprint density at radius 2 is 1.90 bits per heavy atom. The zero-order valence-corrected chi connectivity index (χ0v) is 20.2. The zero-order chi connectivity index (χ0) is 22.4. The molecule has 31 heavy (non-hydrogen) atoms. The first kappa shape index (κ1) is 23.9. The highest BCUT2D eigenvalue weighted by Crippen LogP contribution is 2.26. The van der Waals surface area contributed by atoms with Gasteiger partial charge >= 0.3 is 0 Å². The van der Waals surface area contributed by atoms with Gasteiger partial charge in [0, 0.05) is 24.7 Å². The molecule has 1 aliphatic heterocycles. The van der Waals surface area contributed by atoms with Crippen molar-refractivity contribution in [3.05, 3.63) is 52.2 Å². The molecule has 6 nitrogen and oxygen atoms in total. The first-order valence-electron chi connectivity index (χ1n) is 11.0. The quantitative estimate of drug-likeness (QED) is 0.607. The summed E-state index contributed by atoms with van der Waals surface area (Å²) in [6, 6.07) is 8.53. The summed E-state index contributed by atoms with van der Waals surface area (Å²) in [5.41, 5.74) is 1.67. The minimum Gasteiger partial charge on any atom is -0.350 e. The van der Waals surface area contributed by atoms with E-state index in [9.17, 15) is 13.2 Å². The monoisotopic (exact) mass is 463 g/mol. The van der Waals surface area contributed by atoms with E-state index in [0.29, 0.717) is 18.7 Å². The minimum atomic E-state index is -3.53. The number of sulfonamides is 1. The molecule has 2 aromatic rings. The molecular weight excluding hydrogens is 430 g/mol. The van der Waals surface area contributed by atoms with Crippen molar-refractivity contribution in [2.24, 2.45) is 0 Å². The van der Waals surface area contributed by atoms with Crippen LogP contribution < -0.4 is 5.32 Å². The number of nitrogens with one attached hydrogen (secondary N) is 1. The third kappa shape index (κ3) is 5.55. The maximum absolute atomic E-state index is 13.0. The third-order valence-electron chi connectivity index (χ3n) is 6.10. The van der Waals surface area contributed by atoms with Crippen molar-refractivity contribution in [2.75, 3.05) is 26.2 Å². The van der Waals surface area contributed by atoms with Crippen LogP contribution in [0.3, 0.4) is 0 Å². The van der Waals surface area contributed by atoms with Crippen molar-refractivity contribution in [2.45, 2.75) is 57.0 Å². The lowest BCUT2D eigenvalue weighted by Gasteiger charge is -2.32. The Bertz CT molecular complexity index is 939. The summed E-state index contributed by atoms with van der Waals surface area (Å²) in [5.74, 6) is -0.192. The molecule has 3 rings (SSSR count). The minimum absolute atomic E-state index is 0.0100. The van der Waals surface area contributed by atoms with E-state index in [0.717, 1.165) is 32.4 Å². The second-order valence-electron chi connectivity index (χ2n) is 7.99. The maximum atomic E-state index is 13.0. The van der Waals surface area contributed by atoms with Crippen LogP contribution in [-0.4, -0.2) is 55.8 Å². The molecule has 1 saturated heterocycles. The molecule has 0 unspecified atom stereocenters. The highest BCUT2D eigenvalue weighted by atomic mass is 32.2. The van der Waals surface area contributed by atoms with Crippen LogP contribution in [0.1, 0.15) is 62.0 Å². The van der Waals surface area contributed by atoms with Crippen molar-refractivity contribution >= 4 is 27.3 Å². The molecule has 2 heterocycles. The van der Waals surface area contributed by atoms with Crippen LogP contribution in [-0.2, 0) is 10.0 Å². The number of thiophene rings is 1. The largest absolute Gasteiger partial charge is 0.350 e. The molecule has 0 saturated carbocycles. The van der Waals surface area contributed by atoms with Crippen LogP contribution in [0.15, 0.2) is 46.0 Å². The van der Waals surface area contributed by atoms with Gasteiger partial charge in [-0.3, -0.25) is 9.69 Å². The number of carbonyl (C=O) groups excluding carboxylic acids is 1. The SMILES string of the molecule is CCN(CC)[C@@H](CNC(=O)c1ccc(S(=O)(=O)N2CCCC[C@@H]2C)cc1)c1ccsc1. The zero-order valence-electron chi connectivity index (χ0n) is 18.6. The number of piperidine rings is 1. The summed E-state index contributed by atoms with van der Waals surface area (Å²) in [6.07, 6.45) is 2.84.